The molecule has 4 heteroatoms. The minimum absolute atomic E-state index is 0.252. The van der Waals surface area contributed by atoms with Crippen molar-refractivity contribution in [1.82, 2.24) is 4.57 Å². The third-order valence-electron chi connectivity index (χ3n) is 4.67. The first-order valence-electron chi connectivity index (χ1n) is 9.31. The summed E-state index contributed by atoms with van der Waals surface area (Å²) in [4.78, 5) is 12.8. The molecule has 0 saturated heterocycles. The number of hydrogen-bond donors (Lipinski definition) is 0. The van der Waals surface area contributed by atoms with Gasteiger partial charge in [0.1, 0.15) is 11.4 Å². The summed E-state index contributed by atoms with van der Waals surface area (Å²) in [6, 6.07) is 20.2. The predicted octanol–water partition coefficient (Wildman–Crippen LogP) is 5.94. The van der Waals surface area contributed by atoms with E-state index in [0.717, 1.165) is 27.4 Å². The maximum Gasteiger partial charge on any atom is 0.339 e. The fraction of sp³-hybridized carbons (Fsp3) is 0.208. The second-order valence-electron chi connectivity index (χ2n) is 7.93. The Labute approximate surface area is 163 Å². The Balaban J connectivity index is 1.92. The van der Waals surface area contributed by atoms with Gasteiger partial charge >= 0.3 is 5.97 Å². The van der Waals surface area contributed by atoms with Gasteiger partial charge < -0.3 is 9.30 Å². The van der Waals surface area contributed by atoms with Gasteiger partial charge in [-0.3, -0.25) is 0 Å². The molecule has 0 spiro atoms. The number of fused-ring (bicyclic) bond motifs is 3. The van der Waals surface area contributed by atoms with E-state index in [1.807, 2.05) is 63.2 Å². The lowest BCUT2D eigenvalue weighted by Crippen LogP contribution is -2.24. The van der Waals surface area contributed by atoms with Gasteiger partial charge in [-0.05, 0) is 56.7 Å². The molecule has 0 aliphatic carbocycles. The van der Waals surface area contributed by atoms with E-state index in [2.05, 4.69) is 4.57 Å². The molecule has 3 aromatic carbocycles. The maximum atomic E-state index is 13.3. The van der Waals surface area contributed by atoms with Crippen LogP contribution in [0.1, 0.15) is 36.7 Å². The highest BCUT2D eigenvalue weighted by Gasteiger charge is 2.22. The van der Waals surface area contributed by atoms with Crippen LogP contribution >= 0.6 is 0 Å². The summed E-state index contributed by atoms with van der Waals surface area (Å²) in [5.41, 5.74) is 2.96. The Morgan fingerprint density at radius 1 is 0.929 bits per heavy atom. The lowest BCUT2D eigenvalue weighted by molar-refractivity contribution is 0.00719. The number of benzene rings is 3. The number of para-hydroxylation sites is 1. The third kappa shape index (κ3) is 3.38. The predicted molar refractivity (Wildman–Crippen MR) is 110 cm³/mol. The normalized spacial score (nSPS) is 11.9. The highest BCUT2D eigenvalue weighted by molar-refractivity contribution is 6.17. The minimum atomic E-state index is -0.564. The van der Waals surface area contributed by atoms with Crippen LogP contribution < -0.4 is 0 Å². The molecule has 1 aromatic heterocycles. The largest absolute Gasteiger partial charge is 0.456 e. The molecule has 0 bridgehead atoms. The molecule has 4 aromatic rings. The number of nitrogens with zero attached hydrogens (tertiary/aromatic N) is 1. The van der Waals surface area contributed by atoms with Crippen molar-refractivity contribution in [2.75, 3.05) is 0 Å². The number of carbonyl (C=O) groups is 1. The first-order valence-corrected chi connectivity index (χ1v) is 9.31. The van der Waals surface area contributed by atoms with Gasteiger partial charge in [0.05, 0.1) is 11.1 Å². The third-order valence-corrected chi connectivity index (χ3v) is 4.67. The van der Waals surface area contributed by atoms with Crippen molar-refractivity contribution in [1.29, 1.82) is 0 Å². The molecule has 142 valence electrons. The molecule has 0 amide bonds. The van der Waals surface area contributed by atoms with Crippen molar-refractivity contribution in [3.63, 3.8) is 0 Å². The summed E-state index contributed by atoms with van der Waals surface area (Å²) in [7, 11) is 0. The fourth-order valence-corrected chi connectivity index (χ4v) is 3.54. The Kier molecular flexibility index (Phi) is 4.42. The second kappa shape index (κ2) is 6.79. The van der Waals surface area contributed by atoms with Crippen molar-refractivity contribution in [3.8, 4) is 0 Å². The zero-order valence-corrected chi connectivity index (χ0v) is 16.2. The number of hydrogen-bond acceptors (Lipinski definition) is 2. The summed E-state index contributed by atoms with van der Waals surface area (Å²) in [5, 5.41) is 1.88. The van der Waals surface area contributed by atoms with E-state index in [1.54, 1.807) is 12.1 Å². The topological polar surface area (TPSA) is 31.2 Å². The van der Waals surface area contributed by atoms with Crippen LogP contribution in [-0.4, -0.2) is 16.1 Å². The smallest absolute Gasteiger partial charge is 0.339 e. The number of esters is 1. The van der Waals surface area contributed by atoms with Crippen molar-refractivity contribution in [2.24, 2.45) is 0 Å². The molecule has 3 nitrogen and oxygen atoms in total. The summed E-state index contributed by atoms with van der Waals surface area (Å²) in [6.45, 7) is 6.18. The van der Waals surface area contributed by atoms with E-state index in [-0.39, 0.29) is 11.8 Å². The van der Waals surface area contributed by atoms with Gasteiger partial charge in [-0.1, -0.05) is 36.4 Å². The molecule has 0 atom stereocenters. The molecule has 4 rings (SSSR count). The molecule has 0 radical (unpaired) electrons. The van der Waals surface area contributed by atoms with Crippen LogP contribution in [0.5, 0.6) is 0 Å². The minimum Gasteiger partial charge on any atom is -0.456 e. The van der Waals surface area contributed by atoms with Crippen molar-refractivity contribution >= 4 is 27.8 Å². The van der Waals surface area contributed by atoms with Crippen LogP contribution in [0, 0.1) is 5.82 Å². The van der Waals surface area contributed by atoms with Crippen LogP contribution in [0.2, 0.25) is 0 Å². The lowest BCUT2D eigenvalue weighted by atomic mass is 10.1. The number of ether oxygens (including phenoxy) is 1. The van der Waals surface area contributed by atoms with E-state index in [0.29, 0.717) is 12.1 Å². The molecule has 0 saturated carbocycles. The second-order valence-corrected chi connectivity index (χ2v) is 7.93. The van der Waals surface area contributed by atoms with Gasteiger partial charge in [-0.2, -0.15) is 0 Å². The van der Waals surface area contributed by atoms with Crippen molar-refractivity contribution < 1.29 is 13.9 Å². The Bertz CT molecular complexity index is 1170. The lowest BCUT2D eigenvalue weighted by Gasteiger charge is -2.19. The summed E-state index contributed by atoms with van der Waals surface area (Å²) in [5.74, 6) is -0.582. The van der Waals surface area contributed by atoms with Crippen molar-refractivity contribution in [3.05, 3.63) is 83.7 Å². The summed E-state index contributed by atoms with van der Waals surface area (Å²) < 4.78 is 21.1. The molecule has 0 unspecified atom stereocenters. The zero-order chi connectivity index (χ0) is 19.9. The molecule has 28 heavy (non-hydrogen) atoms. The average Bonchev–Trinajstić information content (AvgIpc) is 2.96. The van der Waals surface area contributed by atoms with E-state index >= 15 is 0 Å². The SMILES string of the molecule is CC(C)(C)OC(=O)c1cccc2c1c1ccccc1n2Cc1ccc(F)cc1. The number of rotatable bonds is 3. The van der Waals surface area contributed by atoms with E-state index in [9.17, 15) is 9.18 Å². The number of carbonyl (C=O) groups excluding carboxylic acids is 1. The van der Waals surface area contributed by atoms with Crippen LogP contribution in [0.3, 0.4) is 0 Å². The molecule has 0 N–H and O–H groups in total. The Hall–Kier alpha value is -3.14. The van der Waals surface area contributed by atoms with E-state index in [4.69, 9.17) is 4.74 Å². The monoisotopic (exact) mass is 375 g/mol. The van der Waals surface area contributed by atoms with Crippen LogP contribution in [-0.2, 0) is 11.3 Å². The van der Waals surface area contributed by atoms with Gasteiger partial charge in [-0.15, -0.1) is 0 Å². The van der Waals surface area contributed by atoms with Crippen molar-refractivity contribution in [2.45, 2.75) is 32.9 Å². The van der Waals surface area contributed by atoms with Crippen LogP contribution in [0.15, 0.2) is 66.7 Å². The molecule has 0 aliphatic rings. The van der Waals surface area contributed by atoms with Crippen LogP contribution in [0.4, 0.5) is 4.39 Å². The van der Waals surface area contributed by atoms with Gasteiger partial charge in [-0.25, -0.2) is 9.18 Å². The quantitative estimate of drug-likeness (QED) is 0.415. The molecule has 0 aliphatic heterocycles. The molecular formula is C24H22FNO2. The summed E-state index contributed by atoms with van der Waals surface area (Å²) >= 11 is 0. The standard InChI is InChI=1S/C24H22FNO2/c1-24(2,3)28-23(27)19-8-6-10-21-22(19)18-7-4-5-9-20(18)26(21)15-16-11-13-17(25)14-12-16/h4-14H,15H2,1-3H3. The number of aromatic nitrogens is 1. The van der Waals surface area contributed by atoms with Gasteiger partial charge in [0, 0.05) is 22.8 Å². The summed E-state index contributed by atoms with van der Waals surface area (Å²) in [6.07, 6.45) is 0. The Morgan fingerprint density at radius 2 is 1.61 bits per heavy atom. The van der Waals surface area contributed by atoms with Gasteiger partial charge in [0.25, 0.3) is 0 Å². The van der Waals surface area contributed by atoms with E-state index < -0.39 is 5.60 Å². The zero-order valence-electron chi connectivity index (χ0n) is 16.2. The van der Waals surface area contributed by atoms with E-state index in [1.165, 1.54) is 12.1 Å². The maximum absolute atomic E-state index is 13.3. The fourth-order valence-electron chi connectivity index (χ4n) is 3.54. The number of halogens is 1. The first-order chi connectivity index (χ1) is 13.3. The molecular weight excluding hydrogens is 353 g/mol. The highest BCUT2D eigenvalue weighted by atomic mass is 19.1. The average molecular weight is 375 g/mol. The Morgan fingerprint density at radius 3 is 2.32 bits per heavy atom. The highest BCUT2D eigenvalue weighted by Crippen LogP contribution is 2.33. The van der Waals surface area contributed by atoms with Crippen LogP contribution in [0.25, 0.3) is 21.8 Å². The molecule has 1 heterocycles. The van der Waals surface area contributed by atoms with Gasteiger partial charge in [0.15, 0.2) is 0 Å². The first kappa shape index (κ1) is 18.2. The molecule has 0 fully saturated rings. The van der Waals surface area contributed by atoms with Gasteiger partial charge in [0.2, 0.25) is 0 Å².